The molecule has 0 aliphatic carbocycles. The fourth-order valence-corrected chi connectivity index (χ4v) is 3.55. The van der Waals surface area contributed by atoms with E-state index < -0.39 is 14.6 Å². The number of hydrogen-bond donors (Lipinski definition) is 1. The minimum absolute atomic E-state index is 0. The van der Waals surface area contributed by atoms with Gasteiger partial charge in [0, 0.05) is 19.6 Å². The van der Waals surface area contributed by atoms with E-state index in [1.165, 1.54) is 7.11 Å². The molecule has 0 bridgehead atoms. The second-order valence-corrected chi connectivity index (χ2v) is 10.0. The van der Waals surface area contributed by atoms with Crippen molar-refractivity contribution in [3.8, 4) is 0 Å². The summed E-state index contributed by atoms with van der Waals surface area (Å²) in [5, 5.41) is 3.18. The van der Waals surface area contributed by atoms with Gasteiger partial charge in [0.15, 0.2) is 15.8 Å². The van der Waals surface area contributed by atoms with Crippen LogP contribution < -0.4 is 5.32 Å². The van der Waals surface area contributed by atoms with E-state index >= 15 is 0 Å². The first-order valence-electron chi connectivity index (χ1n) is 8.37. The first kappa shape index (κ1) is 24.4. The summed E-state index contributed by atoms with van der Waals surface area (Å²) in [5.41, 5.74) is 0. The Hall–Kier alpha value is -0.580. The van der Waals surface area contributed by atoms with Gasteiger partial charge in [0.05, 0.1) is 30.1 Å². The number of guanidine groups is 1. The summed E-state index contributed by atoms with van der Waals surface area (Å²) in [6.07, 6.45) is 0. The number of carbonyl (C=O) groups is 1. The SMILES string of the molecule is CCNC(=NCCS(=O)(=O)C(C)(C)C)N1CC(C)C(C(=O)OC)C1.I. The molecule has 1 aliphatic heterocycles. The van der Waals surface area contributed by atoms with Crippen LogP contribution in [0, 0.1) is 11.8 Å². The molecule has 0 amide bonds. The Labute approximate surface area is 168 Å². The van der Waals surface area contributed by atoms with Crippen LogP contribution in [0.4, 0.5) is 0 Å². The molecule has 1 heterocycles. The van der Waals surface area contributed by atoms with Crippen molar-refractivity contribution in [3.63, 3.8) is 0 Å². The molecule has 0 aromatic carbocycles. The normalized spacial score (nSPS) is 21.7. The minimum atomic E-state index is -3.20. The fraction of sp³-hybridized carbons (Fsp3) is 0.875. The Kier molecular flexibility index (Phi) is 9.71. The highest BCUT2D eigenvalue weighted by molar-refractivity contribution is 14.0. The monoisotopic (exact) mass is 489 g/mol. The quantitative estimate of drug-likeness (QED) is 0.273. The van der Waals surface area contributed by atoms with Crippen LogP contribution in [0.5, 0.6) is 0 Å². The lowest BCUT2D eigenvalue weighted by atomic mass is 9.99. The van der Waals surface area contributed by atoms with Crippen LogP contribution in [-0.2, 0) is 19.4 Å². The van der Waals surface area contributed by atoms with Gasteiger partial charge in [-0.3, -0.25) is 9.79 Å². The Morgan fingerprint density at radius 3 is 2.40 bits per heavy atom. The molecule has 1 aliphatic rings. The highest BCUT2D eigenvalue weighted by Gasteiger charge is 2.37. The van der Waals surface area contributed by atoms with E-state index in [-0.39, 0.29) is 54.1 Å². The van der Waals surface area contributed by atoms with Gasteiger partial charge in [-0.1, -0.05) is 6.92 Å². The van der Waals surface area contributed by atoms with Crippen molar-refractivity contribution < 1.29 is 17.9 Å². The molecule has 0 radical (unpaired) electrons. The maximum Gasteiger partial charge on any atom is 0.310 e. The third-order valence-corrected chi connectivity index (χ3v) is 6.89. The number of nitrogens with zero attached hydrogens (tertiary/aromatic N) is 2. The number of hydrogen-bond acceptors (Lipinski definition) is 5. The third kappa shape index (κ3) is 6.58. The number of carbonyl (C=O) groups excluding carboxylic acids is 1. The van der Waals surface area contributed by atoms with Crippen molar-refractivity contribution in [2.75, 3.05) is 39.0 Å². The lowest BCUT2D eigenvalue weighted by molar-refractivity contribution is -0.145. The zero-order chi connectivity index (χ0) is 18.5. The number of esters is 1. The zero-order valence-electron chi connectivity index (χ0n) is 16.0. The molecule has 1 N–H and O–H groups in total. The zero-order valence-corrected chi connectivity index (χ0v) is 19.2. The van der Waals surface area contributed by atoms with Gasteiger partial charge in [-0.05, 0) is 33.6 Å². The lowest BCUT2D eigenvalue weighted by Crippen LogP contribution is -2.41. The summed E-state index contributed by atoms with van der Waals surface area (Å²) in [6.45, 7) is 11.2. The molecule has 148 valence electrons. The first-order chi connectivity index (χ1) is 11.0. The molecule has 25 heavy (non-hydrogen) atoms. The largest absolute Gasteiger partial charge is 0.469 e. The first-order valence-corrected chi connectivity index (χ1v) is 10.0. The van der Waals surface area contributed by atoms with Gasteiger partial charge in [0.2, 0.25) is 0 Å². The lowest BCUT2D eigenvalue weighted by Gasteiger charge is -2.22. The second kappa shape index (κ2) is 9.94. The summed E-state index contributed by atoms with van der Waals surface area (Å²) < 4.78 is 28.4. The molecule has 0 saturated carbocycles. The smallest absolute Gasteiger partial charge is 0.310 e. The average molecular weight is 489 g/mol. The maximum atomic E-state index is 12.2. The molecule has 7 nitrogen and oxygen atoms in total. The standard InChI is InChI=1S/C16H31N3O4S.HI/c1-7-17-15(18-8-9-24(21,22)16(3,4)5)19-10-12(2)13(11-19)14(20)23-6;/h12-13H,7-11H2,1-6H3,(H,17,18);1H. The van der Waals surface area contributed by atoms with Crippen LogP contribution >= 0.6 is 24.0 Å². The highest BCUT2D eigenvalue weighted by atomic mass is 127. The molecule has 9 heteroatoms. The highest BCUT2D eigenvalue weighted by Crippen LogP contribution is 2.24. The number of ether oxygens (including phenoxy) is 1. The topological polar surface area (TPSA) is 88.1 Å². The predicted octanol–water partition coefficient (Wildman–Crippen LogP) is 1.52. The van der Waals surface area contributed by atoms with Gasteiger partial charge in [-0.15, -0.1) is 24.0 Å². The van der Waals surface area contributed by atoms with E-state index in [1.807, 2.05) is 18.7 Å². The molecule has 0 spiro atoms. The van der Waals surface area contributed by atoms with Crippen LogP contribution in [-0.4, -0.2) is 69.0 Å². The van der Waals surface area contributed by atoms with E-state index in [0.29, 0.717) is 25.6 Å². The van der Waals surface area contributed by atoms with E-state index in [1.54, 1.807) is 20.8 Å². The minimum Gasteiger partial charge on any atom is -0.469 e. The van der Waals surface area contributed by atoms with Crippen LogP contribution in [0.2, 0.25) is 0 Å². The molecule has 1 rings (SSSR count). The van der Waals surface area contributed by atoms with Crippen molar-refractivity contribution >= 4 is 45.7 Å². The predicted molar refractivity (Wildman–Crippen MR) is 111 cm³/mol. The Bertz CT molecular complexity index is 572. The summed E-state index contributed by atoms with van der Waals surface area (Å²) >= 11 is 0. The number of aliphatic imine (C=N–C) groups is 1. The van der Waals surface area contributed by atoms with Crippen molar-refractivity contribution in [2.45, 2.75) is 39.4 Å². The Balaban J connectivity index is 0.00000576. The van der Waals surface area contributed by atoms with Gasteiger partial charge < -0.3 is 15.0 Å². The number of sulfone groups is 1. The molecule has 1 saturated heterocycles. The molecule has 2 atom stereocenters. The maximum absolute atomic E-state index is 12.2. The summed E-state index contributed by atoms with van der Waals surface area (Å²) in [6, 6.07) is 0. The third-order valence-electron chi connectivity index (χ3n) is 4.31. The molecular weight excluding hydrogens is 457 g/mol. The average Bonchev–Trinajstić information content (AvgIpc) is 2.86. The summed E-state index contributed by atoms with van der Waals surface area (Å²) in [5.74, 6) is 0.433. The van der Waals surface area contributed by atoms with Crippen LogP contribution in [0.3, 0.4) is 0 Å². The molecule has 0 aromatic heterocycles. The van der Waals surface area contributed by atoms with Crippen LogP contribution in [0.25, 0.3) is 0 Å². The van der Waals surface area contributed by atoms with E-state index in [4.69, 9.17) is 4.74 Å². The Morgan fingerprint density at radius 1 is 1.32 bits per heavy atom. The van der Waals surface area contributed by atoms with Gasteiger partial charge in [-0.25, -0.2) is 8.42 Å². The van der Waals surface area contributed by atoms with Crippen molar-refractivity contribution in [2.24, 2.45) is 16.8 Å². The number of nitrogens with one attached hydrogen (secondary N) is 1. The summed E-state index contributed by atoms with van der Waals surface area (Å²) in [4.78, 5) is 18.3. The van der Waals surface area contributed by atoms with Gasteiger partial charge in [0.1, 0.15) is 0 Å². The van der Waals surface area contributed by atoms with Gasteiger partial charge in [-0.2, -0.15) is 0 Å². The molecule has 0 aromatic rings. The number of likely N-dealkylation sites (tertiary alicyclic amines) is 1. The van der Waals surface area contributed by atoms with Crippen LogP contribution in [0.15, 0.2) is 4.99 Å². The Morgan fingerprint density at radius 2 is 1.92 bits per heavy atom. The van der Waals surface area contributed by atoms with Gasteiger partial charge in [0.25, 0.3) is 0 Å². The van der Waals surface area contributed by atoms with E-state index in [0.717, 1.165) is 0 Å². The second-order valence-electron chi connectivity index (χ2n) is 7.18. The van der Waals surface area contributed by atoms with Gasteiger partial charge >= 0.3 is 5.97 Å². The molecule has 2 unspecified atom stereocenters. The van der Waals surface area contributed by atoms with E-state index in [2.05, 4.69) is 10.3 Å². The fourth-order valence-electron chi connectivity index (χ4n) is 2.60. The van der Waals surface area contributed by atoms with Crippen molar-refractivity contribution in [3.05, 3.63) is 0 Å². The number of halogens is 1. The van der Waals surface area contributed by atoms with Crippen molar-refractivity contribution in [1.82, 2.24) is 10.2 Å². The molecule has 1 fully saturated rings. The van der Waals surface area contributed by atoms with E-state index in [9.17, 15) is 13.2 Å². The molecular formula is C16H32IN3O4S. The number of methoxy groups -OCH3 is 1. The van der Waals surface area contributed by atoms with Crippen LogP contribution in [0.1, 0.15) is 34.6 Å². The number of rotatable bonds is 5. The summed E-state index contributed by atoms with van der Waals surface area (Å²) in [7, 11) is -1.80. The van der Waals surface area contributed by atoms with Crippen molar-refractivity contribution in [1.29, 1.82) is 0 Å².